The second kappa shape index (κ2) is 9.31. The zero-order valence-corrected chi connectivity index (χ0v) is 13.3. The van der Waals surface area contributed by atoms with Crippen molar-refractivity contribution >= 4 is 15.9 Å². The lowest BCUT2D eigenvalue weighted by molar-refractivity contribution is 0.0913. The first-order chi connectivity index (χ1) is 9.17. The molecule has 0 saturated heterocycles. The van der Waals surface area contributed by atoms with Gasteiger partial charge in [-0.25, -0.2) is 0 Å². The van der Waals surface area contributed by atoms with Crippen LogP contribution >= 0.6 is 15.9 Å². The number of hydrogen-bond acceptors (Lipinski definition) is 4. The van der Waals surface area contributed by atoms with Crippen molar-refractivity contribution in [3.05, 3.63) is 28.2 Å². The van der Waals surface area contributed by atoms with E-state index in [0.717, 1.165) is 28.9 Å². The molecule has 1 rings (SSSR count). The summed E-state index contributed by atoms with van der Waals surface area (Å²) in [5, 5.41) is 3.32. The molecule has 0 aromatic heterocycles. The third kappa shape index (κ3) is 6.38. The van der Waals surface area contributed by atoms with Crippen LogP contribution in [0.3, 0.4) is 0 Å². The van der Waals surface area contributed by atoms with E-state index >= 15 is 0 Å². The van der Waals surface area contributed by atoms with Gasteiger partial charge in [0.15, 0.2) is 0 Å². The maximum Gasteiger partial charge on any atom is 0.124 e. The fourth-order valence-corrected chi connectivity index (χ4v) is 2.09. The Balaban J connectivity index is 2.62. The van der Waals surface area contributed by atoms with Crippen molar-refractivity contribution in [1.82, 2.24) is 5.32 Å². The topological polar surface area (TPSA) is 39.7 Å². The van der Waals surface area contributed by atoms with Crippen LogP contribution in [0.5, 0.6) is 5.75 Å². The normalized spacial score (nSPS) is 12.4. The molecule has 0 spiro atoms. The standard InChI is InChI=1S/C14H22BrNO3/c1-11(10-18-3)19-14-5-4-13(15)8-12(14)9-16-6-7-17-2/h4-5,8,11,16H,6-7,9-10H2,1-3H3. The van der Waals surface area contributed by atoms with E-state index in [2.05, 4.69) is 27.3 Å². The van der Waals surface area contributed by atoms with Crippen LogP contribution in [0.25, 0.3) is 0 Å². The van der Waals surface area contributed by atoms with E-state index in [1.807, 2.05) is 19.1 Å². The molecule has 0 aliphatic heterocycles. The number of nitrogens with one attached hydrogen (secondary N) is 1. The molecule has 4 nitrogen and oxygen atoms in total. The second-order valence-electron chi connectivity index (χ2n) is 4.31. The zero-order chi connectivity index (χ0) is 14.1. The molecule has 1 unspecified atom stereocenters. The first-order valence-electron chi connectivity index (χ1n) is 6.31. The van der Waals surface area contributed by atoms with Crippen molar-refractivity contribution in [3.8, 4) is 5.75 Å². The minimum absolute atomic E-state index is 0.0314. The van der Waals surface area contributed by atoms with Crippen LogP contribution in [0.15, 0.2) is 22.7 Å². The minimum Gasteiger partial charge on any atom is -0.488 e. The average molecular weight is 332 g/mol. The largest absolute Gasteiger partial charge is 0.488 e. The predicted octanol–water partition coefficient (Wildman–Crippen LogP) is 2.60. The Kier molecular flexibility index (Phi) is 8.05. The summed E-state index contributed by atoms with van der Waals surface area (Å²) in [5.74, 6) is 0.887. The number of hydrogen-bond donors (Lipinski definition) is 1. The molecule has 1 N–H and O–H groups in total. The van der Waals surface area contributed by atoms with Gasteiger partial charge in [0.25, 0.3) is 0 Å². The second-order valence-corrected chi connectivity index (χ2v) is 5.22. The van der Waals surface area contributed by atoms with Gasteiger partial charge in [0, 0.05) is 37.3 Å². The lowest BCUT2D eigenvalue weighted by Crippen LogP contribution is -2.21. The smallest absolute Gasteiger partial charge is 0.124 e. The highest BCUT2D eigenvalue weighted by Gasteiger charge is 2.08. The fourth-order valence-electron chi connectivity index (χ4n) is 1.68. The van der Waals surface area contributed by atoms with Crippen LogP contribution in [0, 0.1) is 0 Å². The van der Waals surface area contributed by atoms with Gasteiger partial charge in [0.05, 0.1) is 13.2 Å². The van der Waals surface area contributed by atoms with Crippen molar-refractivity contribution in [3.63, 3.8) is 0 Å². The van der Waals surface area contributed by atoms with Crippen molar-refractivity contribution in [1.29, 1.82) is 0 Å². The van der Waals surface area contributed by atoms with Gasteiger partial charge in [0.2, 0.25) is 0 Å². The van der Waals surface area contributed by atoms with Gasteiger partial charge < -0.3 is 19.5 Å². The average Bonchev–Trinajstić information content (AvgIpc) is 2.38. The summed E-state index contributed by atoms with van der Waals surface area (Å²) in [6.07, 6.45) is 0.0314. The predicted molar refractivity (Wildman–Crippen MR) is 79.7 cm³/mol. The molecular weight excluding hydrogens is 310 g/mol. The highest BCUT2D eigenvalue weighted by molar-refractivity contribution is 9.10. The van der Waals surface area contributed by atoms with E-state index in [4.69, 9.17) is 14.2 Å². The van der Waals surface area contributed by atoms with Gasteiger partial charge in [-0.2, -0.15) is 0 Å². The molecule has 1 atom stereocenters. The lowest BCUT2D eigenvalue weighted by Gasteiger charge is -2.17. The molecule has 19 heavy (non-hydrogen) atoms. The number of methoxy groups -OCH3 is 2. The van der Waals surface area contributed by atoms with Gasteiger partial charge in [-0.3, -0.25) is 0 Å². The SMILES string of the molecule is COCCNCc1cc(Br)ccc1OC(C)COC. The molecule has 0 aliphatic rings. The quantitative estimate of drug-likeness (QED) is 0.706. The Hall–Kier alpha value is -0.620. The van der Waals surface area contributed by atoms with Crippen LogP contribution in [-0.2, 0) is 16.0 Å². The molecule has 5 heteroatoms. The molecule has 1 aromatic carbocycles. The fraction of sp³-hybridized carbons (Fsp3) is 0.571. The number of ether oxygens (including phenoxy) is 3. The zero-order valence-electron chi connectivity index (χ0n) is 11.7. The summed E-state index contributed by atoms with van der Waals surface area (Å²) < 4.78 is 17.0. The van der Waals surface area contributed by atoms with Gasteiger partial charge in [-0.05, 0) is 25.1 Å². The van der Waals surface area contributed by atoms with Crippen molar-refractivity contribution in [2.45, 2.75) is 19.6 Å². The Morgan fingerprint density at radius 1 is 1.26 bits per heavy atom. The van der Waals surface area contributed by atoms with Crippen LogP contribution in [0.2, 0.25) is 0 Å². The number of rotatable bonds is 9. The van der Waals surface area contributed by atoms with Gasteiger partial charge >= 0.3 is 0 Å². The minimum atomic E-state index is 0.0314. The number of benzene rings is 1. The molecule has 0 fully saturated rings. The molecule has 108 valence electrons. The summed E-state index contributed by atoms with van der Waals surface area (Å²) in [7, 11) is 3.37. The first-order valence-corrected chi connectivity index (χ1v) is 7.10. The highest BCUT2D eigenvalue weighted by atomic mass is 79.9. The maximum atomic E-state index is 5.88. The Bertz CT molecular complexity index is 374. The van der Waals surface area contributed by atoms with Crippen molar-refractivity contribution < 1.29 is 14.2 Å². The lowest BCUT2D eigenvalue weighted by atomic mass is 10.2. The summed E-state index contributed by atoms with van der Waals surface area (Å²) in [6, 6.07) is 6.02. The van der Waals surface area contributed by atoms with E-state index in [-0.39, 0.29) is 6.10 Å². The van der Waals surface area contributed by atoms with Gasteiger partial charge in [-0.1, -0.05) is 15.9 Å². The van der Waals surface area contributed by atoms with Crippen LogP contribution in [-0.4, -0.2) is 40.1 Å². The molecular formula is C14H22BrNO3. The molecule has 1 aromatic rings. The van der Waals surface area contributed by atoms with Crippen LogP contribution < -0.4 is 10.1 Å². The van der Waals surface area contributed by atoms with Gasteiger partial charge in [0.1, 0.15) is 11.9 Å². The van der Waals surface area contributed by atoms with Crippen molar-refractivity contribution in [2.75, 3.05) is 34.0 Å². The summed E-state index contributed by atoms with van der Waals surface area (Å²) in [6.45, 7) is 4.83. The van der Waals surface area contributed by atoms with E-state index in [0.29, 0.717) is 13.2 Å². The number of halogens is 1. The highest BCUT2D eigenvalue weighted by Crippen LogP contribution is 2.24. The van der Waals surface area contributed by atoms with E-state index in [1.165, 1.54) is 0 Å². The third-order valence-electron chi connectivity index (χ3n) is 2.55. The van der Waals surface area contributed by atoms with Gasteiger partial charge in [-0.15, -0.1) is 0 Å². The monoisotopic (exact) mass is 331 g/mol. The molecule has 0 bridgehead atoms. The maximum absolute atomic E-state index is 5.88. The van der Waals surface area contributed by atoms with E-state index in [9.17, 15) is 0 Å². The molecule has 0 saturated carbocycles. The van der Waals surface area contributed by atoms with Crippen molar-refractivity contribution in [2.24, 2.45) is 0 Å². The van der Waals surface area contributed by atoms with E-state index in [1.54, 1.807) is 14.2 Å². The Morgan fingerprint density at radius 2 is 2.05 bits per heavy atom. The van der Waals surface area contributed by atoms with Crippen LogP contribution in [0.4, 0.5) is 0 Å². The molecule has 0 heterocycles. The summed E-state index contributed by atoms with van der Waals surface area (Å²) in [5.41, 5.74) is 1.12. The third-order valence-corrected chi connectivity index (χ3v) is 3.04. The van der Waals surface area contributed by atoms with Crippen LogP contribution in [0.1, 0.15) is 12.5 Å². The Labute approximate surface area is 123 Å². The molecule has 0 radical (unpaired) electrons. The molecule has 0 aliphatic carbocycles. The summed E-state index contributed by atoms with van der Waals surface area (Å²) in [4.78, 5) is 0. The Morgan fingerprint density at radius 3 is 2.74 bits per heavy atom. The molecule has 0 amide bonds. The first kappa shape index (κ1) is 16.4. The summed E-state index contributed by atoms with van der Waals surface area (Å²) >= 11 is 3.48. The van der Waals surface area contributed by atoms with E-state index < -0.39 is 0 Å².